The van der Waals surface area contributed by atoms with E-state index >= 15 is 0 Å². The largest absolute Gasteiger partial charge is 0.250 e. The summed E-state index contributed by atoms with van der Waals surface area (Å²) in [7, 11) is 0. The van der Waals surface area contributed by atoms with E-state index in [0.717, 1.165) is 13.1 Å². The first-order valence-electron chi connectivity index (χ1n) is 3.99. The topological polar surface area (TPSA) is 39.3 Å². The summed E-state index contributed by atoms with van der Waals surface area (Å²) in [6, 6.07) is 0. The predicted molar refractivity (Wildman–Crippen MR) is 42.0 cm³/mol. The Labute approximate surface area is 70.5 Å². The molecule has 4 nitrogen and oxygen atoms in total. The molecule has 0 amide bonds. The highest BCUT2D eigenvalue weighted by Gasteiger charge is 2.00. The van der Waals surface area contributed by atoms with Gasteiger partial charge in [0.2, 0.25) is 12.7 Å². The normalized spacial score (nSPS) is 10.3. The van der Waals surface area contributed by atoms with Gasteiger partial charge in [-0.3, -0.25) is 9.97 Å². The summed E-state index contributed by atoms with van der Waals surface area (Å²) in [6.45, 7) is 1.98. The minimum atomic E-state index is 0.992. The van der Waals surface area contributed by atoms with Gasteiger partial charge < -0.3 is 0 Å². The van der Waals surface area contributed by atoms with Crippen molar-refractivity contribution in [3.05, 3.63) is 37.4 Å². The third-order valence-corrected chi connectivity index (χ3v) is 1.82. The van der Waals surface area contributed by atoms with Gasteiger partial charge in [0.15, 0.2) is 0 Å². The lowest BCUT2D eigenvalue weighted by Gasteiger charge is -1.91. The Hall–Kier alpha value is -1.58. The highest BCUT2D eigenvalue weighted by atomic mass is 15.1. The van der Waals surface area contributed by atoms with Gasteiger partial charge in [-0.05, 0) is 0 Å². The minimum absolute atomic E-state index is 0.992. The molecule has 0 unspecified atom stereocenters. The van der Waals surface area contributed by atoms with E-state index in [-0.39, 0.29) is 0 Å². The highest BCUT2D eigenvalue weighted by molar-refractivity contribution is 4.56. The van der Waals surface area contributed by atoms with Gasteiger partial charge in [-0.25, -0.2) is 9.13 Å². The number of hydrogen-bond acceptors (Lipinski definition) is 0. The number of H-pyrrole nitrogens is 2. The van der Waals surface area contributed by atoms with E-state index in [9.17, 15) is 0 Å². The summed E-state index contributed by atoms with van der Waals surface area (Å²) >= 11 is 0. The van der Waals surface area contributed by atoms with Crippen molar-refractivity contribution in [2.45, 2.75) is 13.1 Å². The van der Waals surface area contributed by atoms with E-state index in [1.54, 1.807) is 0 Å². The van der Waals surface area contributed by atoms with Gasteiger partial charge in [0.25, 0.3) is 0 Å². The molecule has 0 aliphatic carbocycles. The Kier molecular flexibility index (Phi) is 1.90. The van der Waals surface area contributed by atoms with Crippen LogP contribution in [0.15, 0.2) is 37.4 Å². The van der Waals surface area contributed by atoms with Crippen molar-refractivity contribution in [3.8, 4) is 0 Å². The summed E-state index contributed by atoms with van der Waals surface area (Å²) in [5, 5.41) is 0. The molecular formula is C8H12N4+2. The van der Waals surface area contributed by atoms with Gasteiger partial charge >= 0.3 is 0 Å². The van der Waals surface area contributed by atoms with Crippen LogP contribution in [0.5, 0.6) is 0 Å². The molecule has 0 fully saturated rings. The quantitative estimate of drug-likeness (QED) is 0.580. The van der Waals surface area contributed by atoms with E-state index in [4.69, 9.17) is 0 Å². The summed E-state index contributed by atoms with van der Waals surface area (Å²) in [4.78, 5) is 6.01. The first-order chi connectivity index (χ1) is 5.95. The molecule has 0 aliphatic heterocycles. The number of aromatic nitrogens is 4. The smallest absolute Gasteiger partial charge is 0.241 e. The van der Waals surface area contributed by atoms with Crippen molar-refractivity contribution in [3.63, 3.8) is 0 Å². The van der Waals surface area contributed by atoms with Crippen LogP contribution in [0.3, 0.4) is 0 Å². The van der Waals surface area contributed by atoms with Crippen LogP contribution in [0.2, 0.25) is 0 Å². The van der Waals surface area contributed by atoms with Crippen molar-refractivity contribution >= 4 is 0 Å². The van der Waals surface area contributed by atoms with Crippen molar-refractivity contribution < 1.29 is 9.13 Å². The average molecular weight is 164 g/mol. The van der Waals surface area contributed by atoms with Crippen LogP contribution in [0.25, 0.3) is 0 Å². The maximum Gasteiger partial charge on any atom is 0.241 e. The Morgan fingerprint density at radius 1 is 0.833 bits per heavy atom. The van der Waals surface area contributed by atoms with Crippen LogP contribution >= 0.6 is 0 Å². The lowest BCUT2D eigenvalue weighted by molar-refractivity contribution is -0.777. The molecule has 0 aromatic carbocycles. The zero-order valence-corrected chi connectivity index (χ0v) is 6.77. The molecule has 2 aromatic heterocycles. The van der Waals surface area contributed by atoms with Crippen LogP contribution in [0.1, 0.15) is 0 Å². The van der Waals surface area contributed by atoms with Gasteiger partial charge in [0.05, 0.1) is 0 Å². The van der Waals surface area contributed by atoms with Crippen LogP contribution in [0.4, 0.5) is 0 Å². The molecule has 0 saturated heterocycles. The lowest BCUT2D eigenvalue weighted by Crippen LogP contribution is -2.42. The van der Waals surface area contributed by atoms with Gasteiger partial charge in [0.1, 0.15) is 37.9 Å². The third-order valence-electron chi connectivity index (χ3n) is 1.82. The molecule has 0 radical (unpaired) electrons. The first kappa shape index (κ1) is 7.09. The summed E-state index contributed by atoms with van der Waals surface area (Å²) in [5.74, 6) is 0. The molecule has 62 valence electrons. The lowest BCUT2D eigenvalue weighted by atomic mass is 10.6. The molecule has 0 bridgehead atoms. The van der Waals surface area contributed by atoms with E-state index in [2.05, 4.69) is 19.1 Å². The molecular weight excluding hydrogens is 152 g/mol. The van der Waals surface area contributed by atoms with Crippen LogP contribution in [0, 0.1) is 0 Å². The molecule has 0 saturated carbocycles. The number of nitrogens with zero attached hydrogens (tertiary/aromatic N) is 2. The Morgan fingerprint density at radius 3 is 1.67 bits per heavy atom. The van der Waals surface area contributed by atoms with Gasteiger partial charge in [-0.15, -0.1) is 0 Å². The van der Waals surface area contributed by atoms with E-state index in [1.165, 1.54) is 0 Å². The molecule has 0 atom stereocenters. The fraction of sp³-hybridized carbons (Fsp3) is 0.250. The monoisotopic (exact) mass is 164 g/mol. The molecule has 2 aromatic rings. The van der Waals surface area contributed by atoms with E-state index < -0.39 is 0 Å². The zero-order valence-electron chi connectivity index (χ0n) is 6.77. The summed E-state index contributed by atoms with van der Waals surface area (Å²) < 4.78 is 4.22. The number of imidazole rings is 2. The number of rotatable bonds is 3. The number of hydrogen-bond donors (Lipinski definition) is 2. The second-order valence-electron chi connectivity index (χ2n) is 2.70. The van der Waals surface area contributed by atoms with Gasteiger partial charge in [-0.2, -0.15) is 0 Å². The fourth-order valence-corrected chi connectivity index (χ4v) is 1.15. The highest BCUT2D eigenvalue weighted by Crippen LogP contribution is 1.73. The van der Waals surface area contributed by atoms with Crippen molar-refractivity contribution in [1.82, 2.24) is 9.97 Å². The number of aryl methyl sites for hydroxylation is 2. The zero-order chi connectivity index (χ0) is 8.23. The molecule has 12 heavy (non-hydrogen) atoms. The maximum atomic E-state index is 3.01. The Morgan fingerprint density at radius 2 is 1.33 bits per heavy atom. The fourth-order valence-electron chi connectivity index (χ4n) is 1.15. The molecule has 2 heterocycles. The number of nitrogens with one attached hydrogen (secondary N) is 2. The average Bonchev–Trinajstić information content (AvgIpc) is 2.74. The number of aromatic amines is 2. The van der Waals surface area contributed by atoms with Crippen molar-refractivity contribution in [2.75, 3.05) is 0 Å². The summed E-state index contributed by atoms with van der Waals surface area (Å²) in [6.07, 6.45) is 11.8. The Bertz CT molecular complexity index is 274. The molecule has 4 heteroatoms. The van der Waals surface area contributed by atoms with Crippen LogP contribution < -0.4 is 9.13 Å². The second kappa shape index (κ2) is 3.21. The molecule has 2 N–H and O–H groups in total. The Balaban J connectivity index is 1.91. The van der Waals surface area contributed by atoms with Crippen molar-refractivity contribution in [1.29, 1.82) is 0 Å². The van der Waals surface area contributed by atoms with Crippen LogP contribution in [-0.4, -0.2) is 9.97 Å². The van der Waals surface area contributed by atoms with Gasteiger partial charge in [0, 0.05) is 0 Å². The predicted octanol–water partition coefficient (Wildman–Crippen LogP) is -0.382. The van der Waals surface area contributed by atoms with E-state index in [1.807, 2.05) is 37.4 Å². The minimum Gasteiger partial charge on any atom is -0.250 e. The molecule has 0 aliphatic rings. The SMILES string of the molecule is c1c[n+](CC[n+]2cc[nH]c2)c[nH]1. The van der Waals surface area contributed by atoms with Gasteiger partial charge in [-0.1, -0.05) is 0 Å². The first-order valence-corrected chi connectivity index (χ1v) is 3.99. The maximum absolute atomic E-state index is 3.01. The standard InChI is InChI=1S/C8H10N4/c1-3-11(7-9-1)5-6-12-4-2-10-8-12/h1-4,7-8H,5-6H2/p+2. The summed E-state index contributed by atoms with van der Waals surface area (Å²) in [5.41, 5.74) is 0. The van der Waals surface area contributed by atoms with E-state index in [0.29, 0.717) is 0 Å². The van der Waals surface area contributed by atoms with Crippen LogP contribution in [-0.2, 0) is 13.1 Å². The van der Waals surface area contributed by atoms with Crippen molar-refractivity contribution in [2.24, 2.45) is 0 Å². The molecule has 0 spiro atoms. The molecule has 2 rings (SSSR count). The second-order valence-corrected chi connectivity index (χ2v) is 2.70. The third kappa shape index (κ3) is 1.53.